The summed E-state index contributed by atoms with van der Waals surface area (Å²) >= 11 is 1.34. The van der Waals surface area contributed by atoms with Crippen LogP contribution in [0, 0.1) is 0 Å². The quantitative estimate of drug-likeness (QED) is 0.340. The molecule has 0 aliphatic heterocycles. The summed E-state index contributed by atoms with van der Waals surface area (Å²) in [7, 11) is -2.04. The molecule has 1 saturated carbocycles. The third-order valence-corrected chi connectivity index (χ3v) is 9.30. The van der Waals surface area contributed by atoms with E-state index < -0.39 is 10.0 Å². The Hall–Kier alpha value is -3.07. The van der Waals surface area contributed by atoms with Gasteiger partial charge in [-0.05, 0) is 47.9 Å². The molecule has 0 radical (unpaired) electrons. The average Bonchev–Trinajstić information content (AvgIpc) is 3.37. The number of thiazole rings is 1. The molecule has 1 amide bonds. The maximum Gasteiger partial charge on any atom is 0.257 e. The van der Waals surface area contributed by atoms with Crippen molar-refractivity contribution in [2.75, 3.05) is 12.4 Å². The lowest BCUT2D eigenvalue weighted by molar-refractivity contribution is 0.102. The van der Waals surface area contributed by atoms with E-state index >= 15 is 0 Å². The number of fused-ring (bicyclic) bond motifs is 1. The van der Waals surface area contributed by atoms with Gasteiger partial charge in [0, 0.05) is 29.6 Å². The van der Waals surface area contributed by atoms with Crippen molar-refractivity contribution < 1.29 is 13.2 Å². The largest absolute Gasteiger partial charge is 0.298 e. The van der Waals surface area contributed by atoms with Gasteiger partial charge < -0.3 is 0 Å². The van der Waals surface area contributed by atoms with Gasteiger partial charge in [0.05, 0.1) is 10.6 Å². The molecule has 1 heterocycles. The molecule has 0 atom stereocenters. The van der Waals surface area contributed by atoms with Gasteiger partial charge in [0.25, 0.3) is 5.91 Å². The lowest BCUT2D eigenvalue weighted by Gasteiger charge is -2.30. The van der Waals surface area contributed by atoms with Gasteiger partial charge in [-0.15, -0.1) is 11.3 Å². The molecule has 1 N–H and O–H groups in total. The van der Waals surface area contributed by atoms with E-state index in [1.54, 1.807) is 25.2 Å². The molecule has 0 unspecified atom stereocenters. The predicted octanol–water partition coefficient (Wildman–Crippen LogP) is 6.17. The number of carbonyl (C=O) groups is 1. The minimum absolute atomic E-state index is 0.00933. The topological polar surface area (TPSA) is 79.4 Å². The standard InChI is InChI=1S/C27H27N3O3S2/c1-30(23-11-3-2-4-12-23)35(32,33)24-13-7-10-22(17-24)26(31)29-27-28-25(18-34-27)21-15-14-19-8-5-6-9-20(19)16-21/h5-10,13-18,23H,2-4,11-12H2,1H3,(H,28,29,31). The molecular formula is C27H27N3O3S2. The van der Waals surface area contributed by atoms with E-state index in [1.807, 2.05) is 23.6 Å². The summed E-state index contributed by atoms with van der Waals surface area (Å²) < 4.78 is 27.9. The van der Waals surface area contributed by atoms with E-state index in [0.29, 0.717) is 5.13 Å². The Bertz CT molecular complexity index is 1470. The van der Waals surface area contributed by atoms with Gasteiger partial charge in [0.2, 0.25) is 10.0 Å². The third kappa shape index (κ3) is 5.00. The first kappa shape index (κ1) is 23.7. The highest BCUT2D eigenvalue weighted by Gasteiger charge is 2.29. The summed E-state index contributed by atoms with van der Waals surface area (Å²) in [5.74, 6) is -0.387. The third-order valence-electron chi connectivity index (χ3n) is 6.63. The molecule has 4 aromatic rings. The van der Waals surface area contributed by atoms with Crippen LogP contribution in [0.5, 0.6) is 0 Å². The van der Waals surface area contributed by atoms with Gasteiger partial charge in [-0.2, -0.15) is 4.31 Å². The first-order valence-corrected chi connectivity index (χ1v) is 14.1. The number of amides is 1. The number of nitrogens with one attached hydrogen (secondary N) is 1. The van der Waals surface area contributed by atoms with Crippen molar-refractivity contribution in [1.29, 1.82) is 0 Å². The molecule has 1 aliphatic rings. The number of hydrogen-bond donors (Lipinski definition) is 1. The number of rotatable bonds is 6. The van der Waals surface area contributed by atoms with Crippen LogP contribution in [-0.2, 0) is 10.0 Å². The van der Waals surface area contributed by atoms with Gasteiger partial charge in [0.15, 0.2) is 5.13 Å². The number of hydrogen-bond acceptors (Lipinski definition) is 5. The fourth-order valence-electron chi connectivity index (χ4n) is 4.59. The molecule has 180 valence electrons. The summed E-state index contributed by atoms with van der Waals surface area (Å²) in [6.07, 6.45) is 4.99. The minimum Gasteiger partial charge on any atom is -0.298 e. The molecule has 3 aromatic carbocycles. The minimum atomic E-state index is -3.68. The molecule has 1 fully saturated rings. The molecule has 0 spiro atoms. The Labute approximate surface area is 209 Å². The van der Waals surface area contributed by atoms with Crippen LogP contribution in [0.15, 0.2) is 77.0 Å². The highest BCUT2D eigenvalue weighted by atomic mass is 32.2. The van der Waals surface area contributed by atoms with E-state index in [0.717, 1.165) is 54.1 Å². The van der Waals surface area contributed by atoms with Crippen LogP contribution < -0.4 is 5.32 Å². The fourth-order valence-corrected chi connectivity index (χ4v) is 6.76. The van der Waals surface area contributed by atoms with E-state index in [-0.39, 0.29) is 22.4 Å². The molecule has 6 nitrogen and oxygen atoms in total. The molecule has 1 aromatic heterocycles. The average molecular weight is 506 g/mol. The summed E-state index contributed by atoms with van der Waals surface area (Å²) in [4.78, 5) is 17.6. The maximum atomic E-state index is 13.2. The van der Waals surface area contributed by atoms with E-state index in [2.05, 4.69) is 34.6 Å². The Morgan fingerprint density at radius 2 is 1.74 bits per heavy atom. The van der Waals surface area contributed by atoms with Crippen LogP contribution in [-0.4, -0.2) is 36.7 Å². The molecule has 0 bridgehead atoms. The van der Waals surface area contributed by atoms with E-state index in [4.69, 9.17) is 0 Å². The molecule has 35 heavy (non-hydrogen) atoms. The monoisotopic (exact) mass is 505 g/mol. The van der Waals surface area contributed by atoms with Crippen LogP contribution in [0.25, 0.3) is 22.0 Å². The van der Waals surface area contributed by atoms with Gasteiger partial charge in [0.1, 0.15) is 0 Å². The van der Waals surface area contributed by atoms with Crippen LogP contribution in [0.2, 0.25) is 0 Å². The van der Waals surface area contributed by atoms with Crippen molar-refractivity contribution >= 4 is 43.2 Å². The second-order valence-corrected chi connectivity index (χ2v) is 11.8. The summed E-state index contributed by atoms with van der Waals surface area (Å²) in [5.41, 5.74) is 2.03. The summed E-state index contributed by atoms with van der Waals surface area (Å²) in [5, 5.41) is 7.46. The first-order valence-electron chi connectivity index (χ1n) is 11.8. The first-order chi connectivity index (χ1) is 16.9. The van der Waals surface area contributed by atoms with Crippen molar-refractivity contribution in [1.82, 2.24) is 9.29 Å². The summed E-state index contributed by atoms with van der Waals surface area (Å²) in [6.45, 7) is 0. The lowest BCUT2D eigenvalue weighted by Crippen LogP contribution is -2.38. The number of anilines is 1. The van der Waals surface area contributed by atoms with E-state index in [9.17, 15) is 13.2 Å². The second kappa shape index (κ2) is 9.89. The normalized spacial score (nSPS) is 14.9. The Morgan fingerprint density at radius 3 is 2.54 bits per heavy atom. The number of carbonyl (C=O) groups excluding carboxylic acids is 1. The zero-order valence-electron chi connectivity index (χ0n) is 19.5. The highest BCUT2D eigenvalue weighted by molar-refractivity contribution is 7.89. The maximum absolute atomic E-state index is 13.2. The number of nitrogens with zero attached hydrogens (tertiary/aromatic N) is 2. The van der Waals surface area contributed by atoms with Crippen molar-refractivity contribution in [3.05, 3.63) is 77.7 Å². The predicted molar refractivity (Wildman–Crippen MR) is 141 cm³/mol. The smallest absolute Gasteiger partial charge is 0.257 e. The SMILES string of the molecule is CN(C1CCCCC1)S(=O)(=O)c1cccc(C(=O)Nc2nc(-c3ccc4ccccc4c3)cs2)c1. The molecule has 0 saturated heterocycles. The lowest BCUT2D eigenvalue weighted by atomic mass is 9.96. The van der Waals surface area contributed by atoms with Crippen molar-refractivity contribution in [3.8, 4) is 11.3 Å². The zero-order valence-corrected chi connectivity index (χ0v) is 21.1. The number of sulfonamides is 1. The zero-order chi connectivity index (χ0) is 24.4. The van der Waals surface area contributed by atoms with Gasteiger partial charge in [-0.1, -0.05) is 61.7 Å². The van der Waals surface area contributed by atoms with Crippen LogP contribution in [0.1, 0.15) is 42.5 Å². The summed E-state index contributed by atoms with van der Waals surface area (Å²) in [6, 6.07) is 20.5. The van der Waals surface area contributed by atoms with Crippen LogP contribution in [0.3, 0.4) is 0 Å². The van der Waals surface area contributed by atoms with Crippen LogP contribution >= 0.6 is 11.3 Å². The Morgan fingerprint density at radius 1 is 0.971 bits per heavy atom. The van der Waals surface area contributed by atoms with Crippen LogP contribution in [0.4, 0.5) is 5.13 Å². The Balaban J connectivity index is 1.32. The van der Waals surface area contributed by atoms with Crippen molar-refractivity contribution in [2.24, 2.45) is 0 Å². The molecule has 1 aliphatic carbocycles. The second-order valence-electron chi connectivity index (χ2n) is 8.89. The van der Waals surface area contributed by atoms with Crippen molar-refractivity contribution in [3.63, 3.8) is 0 Å². The highest BCUT2D eigenvalue weighted by Crippen LogP contribution is 2.29. The number of benzene rings is 3. The van der Waals surface area contributed by atoms with Crippen molar-refractivity contribution in [2.45, 2.75) is 43.0 Å². The molecule has 5 rings (SSSR count). The van der Waals surface area contributed by atoms with Gasteiger partial charge in [-0.3, -0.25) is 10.1 Å². The Kier molecular flexibility index (Phi) is 6.69. The number of aromatic nitrogens is 1. The molecular weight excluding hydrogens is 478 g/mol. The fraction of sp³-hybridized carbons (Fsp3) is 0.259. The van der Waals surface area contributed by atoms with Gasteiger partial charge >= 0.3 is 0 Å². The molecule has 8 heteroatoms. The van der Waals surface area contributed by atoms with Gasteiger partial charge in [-0.25, -0.2) is 13.4 Å². The van der Waals surface area contributed by atoms with E-state index in [1.165, 1.54) is 21.7 Å².